The number of amides is 1. The highest BCUT2D eigenvalue weighted by Gasteiger charge is 2.16. The first-order valence-corrected chi connectivity index (χ1v) is 6.53. The average Bonchev–Trinajstić information content (AvgIpc) is 2.34. The van der Waals surface area contributed by atoms with Crippen molar-refractivity contribution >= 4 is 23.8 Å². The van der Waals surface area contributed by atoms with Crippen LogP contribution in [0.2, 0.25) is 0 Å². The highest BCUT2D eigenvalue weighted by atomic mass is 16.6. The van der Waals surface area contributed by atoms with E-state index in [9.17, 15) is 9.59 Å². The summed E-state index contributed by atoms with van der Waals surface area (Å²) in [6.45, 7) is 5.46. The van der Waals surface area contributed by atoms with Gasteiger partial charge in [-0.2, -0.15) is 0 Å². The van der Waals surface area contributed by atoms with E-state index in [1.807, 2.05) is 26.8 Å². The Bertz CT molecular complexity index is 571. The summed E-state index contributed by atoms with van der Waals surface area (Å²) in [4.78, 5) is 27.0. The van der Waals surface area contributed by atoms with Gasteiger partial charge in [-0.25, -0.2) is 9.78 Å². The number of aromatic nitrogens is 1. The number of nitrogens with zero attached hydrogens (tertiary/aromatic N) is 1. The zero-order chi connectivity index (χ0) is 14.8. The maximum atomic E-state index is 11.6. The molecule has 20 heavy (non-hydrogen) atoms. The molecule has 1 aliphatic rings. The van der Waals surface area contributed by atoms with Crippen LogP contribution in [-0.2, 0) is 20.7 Å². The number of fused-ring (bicyclic) bond motifs is 1. The SMILES string of the molecule is CC(C)(C)OC(=O)C=Cc1cnc2c(c1)CCC(=O)N2. The average molecular weight is 274 g/mol. The summed E-state index contributed by atoms with van der Waals surface area (Å²) in [6, 6.07) is 1.92. The maximum Gasteiger partial charge on any atom is 0.331 e. The van der Waals surface area contributed by atoms with E-state index in [1.54, 1.807) is 12.3 Å². The van der Waals surface area contributed by atoms with Crippen LogP contribution in [0.1, 0.15) is 38.3 Å². The van der Waals surface area contributed by atoms with Crippen molar-refractivity contribution < 1.29 is 14.3 Å². The number of pyridine rings is 1. The molecule has 0 radical (unpaired) electrons. The van der Waals surface area contributed by atoms with Crippen LogP contribution in [0.5, 0.6) is 0 Å². The molecule has 1 aliphatic heterocycles. The van der Waals surface area contributed by atoms with E-state index in [0.717, 1.165) is 11.1 Å². The van der Waals surface area contributed by atoms with Crippen LogP contribution >= 0.6 is 0 Å². The van der Waals surface area contributed by atoms with Crippen molar-refractivity contribution in [2.24, 2.45) is 0 Å². The summed E-state index contributed by atoms with van der Waals surface area (Å²) in [6.07, 6.45) is 5.80. The van der Waals surface area contributed by atoms with Gasteiger partial charge in [0.25, 0.3) is 0 Å². The van der Waals surface area contributed by atoms with Gasteiger partial charge in [0, 0.05) is 18.7 Å². The van der Waals surface area contributed by atoms with Gasteiger partial charge in [0.05, 0.1) is 0 Å². The monoisotopic (exact) mass is 274 g/mol. The lowest BCUT2D eigenvalue weighted by molar-refractivity contribution is -0.148. The third-order valence-corrected chi connectivity index (χ3v) is 2.69. The number of hydrogen-bond acceptors (Lipinski definition) is 4. The Morgan fingerprint density at radius 1 is 1.40 bits per heavy atom. The molecule has 5 heteroatoms. The molecule has 1 amide bonds. The molecule has 0 spiro atoms. The first kappa shape index (κ1) is 14.2. The summed E-state index contributed by atoms with van der Waals surface area (Å²) >= 11 is 0. The molecule has 0 aliphatic carbocycles. The molecule has 0 saturated heterocycles. The van der Waals surface area contributed by atoms with E-state index < -0.39 is 5.60 Å². The van der Waals surface area contributed by atoms with E-state index in [2.05, 4.69) is 10.3 Å². The second kappa shape index (κ2) is 5.45. The van der Waals surface area contributed by atoms with Crippen LogP contribution in [0.3, 0.4) is 0 Å². The largest absolute Gasteiger partial charge is 0.457 e. The number of ether oxygens (including phenoxy) is 1. The number of rotatable bonds is 2. The number of nitrogens with one attached hydrogen (secondary N) is 1. The van der Waals surface area contributed by atoms with Crippen molar-refractivity contribution in [3.8, 4) is 0 Å². The molecule has 106 valence electrons. The molecule has 1 aromatic rings. The van der Waals surface area contributed by atoms with Crippen LogP contribution in [0.15, 0.2) is 18.3 Å². The zero-order valence-corrected chi connectivity index (χ0v) is 11.9. The van der Waals surface area contributed by atoms with Gasteiger partial charge in [0.15, 0.2) is 0 Å². The van der Waals surface area contributed by atoms with Gasteiger partial charge >= 0.3 is 5.97 Å². The smallest absolute Gasteiger partial charge is 0.331 e. The predicted octanol–water partition coefficient (Wildman–Crippen LogP) is 2.32. The van der Waals surface area contributed by atoms with Crippen LogP contribution < -0.4 is 5.32 Å². The zero-order valence-electron chi connectivity index (χ0n) is 11.9. The third-order valence-electron chi connectivity index (χ3n) is 2.69. The number of carbonyl (C=O) groups excluding carboxylic acids is 2. The molecule has 0 bridgehead atoms. The Morgan fingerprint density at radius 2 is 2.15 bits per heavy atom. The van der Waals surface area contributed by atoms with Gasteiger partial charge in [0.1, 0.15) is 11.4 Å². The molecular weight excluding hydrogens is 256 g/mol. The van der Waals surface area contributed by atoms with Crippen molar-refractivity contribution in [3.05, 3.63) is 29.5 Å². The lowest BCUT2D eigenvalue weighted by Gasteiger charge is -2.18. The fourth-order valence-corrected chi connectivity index (χ4v) is 1.87. The molecule has 1 N–H and O–H groups in total. The first-order valence-electron chi connectivity index (χ1n) is 6.53. The fraction of sp³-hybridized carbons (Fsp3) is 0.400. The van der Waals surface area contributed by atoms with Crippen LogP contribution in [0.25, 0.3) is 6.08 Å². The maximum absolute atomic E-state index is 11.6. The topological polar surface area (TPSA) is 68.3 Å². The molecule has 0 atom stereocenters. The number of carbonyl (C=O) groups is 2. The second-order valence-corrected chi connectivity index (χ2v) is 5.69. The number of hydrogen-bond donors (Lipinski definition) is 1. The lowest BCUT2D eigenvalue weighted by Crippen LogP contribution is -2.22. The Hall–Kier alpha value is -2.17. The summed E-state index contributed by atoms with van der Waals surface area (Å²) < 4.78 is 5.18. The highest BCUT2D eigenvalue weighted by Crippen LogP contribution is 2.21. The number of esters is 1. The Balaban J connectivity index is 2.07. The molecular formula is C15H18N2O3. The predicted molar refractivity (Wildman–Crippen MR) is 76.1 cm³/mol. The van der Waals surface area contributed by atoms with Crippen molar-refractivity contribution in [2.75, 3.05) is 5.32 Å². The van der Waals surface area contributed by atoms with E-state index in [4.69, 9.17) is 4.74 Å². The summed E-state index contributed by atoms with van der Waals surface area (Å²) in [5, 5.41) is 2.72. The van der Waals surface area contributed by atoms with E-state index in [1.165, 1.54) is 6.08 Å². The quantitative estimate of drug-likeness (QED) is 0.664. The normalized spacial score (nSPS) is 14.8. The minimum Gasteiger partial charge on any atom is -0.457 e. The number of anilines is 1. The minimum absolute atomic E-state index is 0.0120. The fourth-order valence-electron chi connectivity index (χ4n) is 1.87. The van der Waals surface area contributed by atoms with Gasteiger partial charge in [0.2, 0.25) is 5.91 Å². The van der Waals surface area contributed by atoms with Crippen molar-refractivity contribution in [3.63, 3.8) is 0 Å². The van der Waals surface area contributed by atoms with E-state index >= 15 is 0 Å². The molecule has 0 aromatic carbocycles. The molecule has 1 aromatic heterocycles. The van der Waals surface area contributed by atoms with Crippen LogP contribution in [0.4, 0.5) is 5.82 Å². The minimum atomic E-state index is -0.500. The Morgan fingerprint density at radius 3 is 2.85 bits per heavy atom. The first-order chi connectivity index (χ1) is 9.33. The van der Waals surface area contributed by atoms with Gasteiger partial charge in [-0.1, -0.05) is 0 Å². The third kappa shape index (κ3) is 3.91. The molecule has 2 heterocycles. The summed E-state index contributed by atoms with van der Waals surface area (Å²) in [7, 11) is 0. The van der Waals surface area contributed by atoms with Gasteiger partial charge in [-0.05, 0) is 50.5 Å². The van der Waals surface area contributed by atoms with Crippen molar-refractivity contribution in [2.45, 2.75) is 39.2 Å². The molecule has 2 rings (SSSR count). The molecule has 0 fully saturated rings. The molecule has 5 nitrogen and oxygen atoms in total. The van der Waals surface area contributed by atoms with Crippen LogP contribution in [0, 0.1) is 0 Å². The van der Waals surface area contributed by atoms with Gasteiger partial charge < -0.3 is 10.1 Å². The van der Waals surface area contributed by atoms with Crippen LogP contribution in [-0.4, -0.2) is 22.5 Å². The Labute approximate surface area is 118 Å². The Kier molecular flexibility index (Phi) is 3.88. The molecule has 0 saturated carbocycles. The van der Waals surface area contributed by atoms with Crippen molar-refractivity contribution in [1.82, 2.24) is 4.98 Å². The van der Waals surface area contributed by atoms with Crippen molar-refractivity contribution in [1.29, 1.82) is 0 Å². The number of aryl methyl sites for hydroxylation is 1. The highest BCUT2D eigenvalue weighted by molar-refractivity contribution is 5.93. The lowest BCUT2D eigenvalue weighted by atomic mass is 10.0. The van der Waals surface area contributed by atoms with E-state index in [-0.39, 0.29) is 11.9 Å². The van der Waals surface area contributed by atoms with Gasteiger partial charge in [-0.15, -0.1) is 0 Å². The second-order valence-electron chi connectivity index (χ2n) is 5.69. The van der Waals surface area contributed by atoms with E-state index in [0.29, 0.717) is 18.7 Å². The summed E-state index contributed by atoms with van der Waals surface area (Å²) in [5.74, 6) is 0.209. The molecule has 0 unspecified atom stereocenters. The van der Waals surface area contributed by atoms with Gasteiger partial charge in [-0.3, -0.25) is 4.79 Å². The standard InChI is InChI=1S/C15H18N2O3/c1-15(2,3)20-13(19)7-4-10-8-11-5-6-12(18)17-14(11)16-9-10/h4,7-9H,5-6H2,1-3H3,(H,16,17,18). The summed E-state index contributed by atoms with van der Waals surface area (Å²) in [5.41, 5.74) is 1.29.